The van der Waals surface area contributed by atoms with Gasteiger partial charge in [0.15, 0.2) is 0 Å². The van der Waals surface area contributed by atoms with Crippen molar-refractivity contribution in [3.63, 3.8) is 0 Å². The van der Waals surface area contributed by atoms with Gasteiger partial charge in [0.2, 0.25) is 0 Å². The third-order valence-corrected chi connectivity index (χ3v) is 8.15. The van der Waals surface area contributed by atoms with Crippen LogP contribution in [-0.2, 0) is 29.0 Å². The van der Waals surface area contributed by atoms with Crippen molar-refractivity contribution in [1.29, 1.82) is 0 Å². The number of likely N-dealkylation sites (tertiary alicyclic amines) is 1. The lowest BCUT2D eigenvalue weighted by atomic mass is 9.85. The minimum Gasteiger partial charge on any atom is -0.383 e. The van der Waals surface area contributed by atoms with Crippen LogP contribution >= 0.6 is 0 Å². The van der Waals surface area contributed by atoms with Gasteiger partial charge in [-0.3, -0.25) is 19.6 Å². The molecule has 3 amide bonds. The van der Waals surface area contributed by atoms with Gasteiger partial charge in [-0.25, -0.2) is 4.79 Å². The molecule has 0 radical (unpaired) electrons. The normalized spacial score (nSPS) is 18.5. The molecule has 2 aliphatic heterocycles. The Hall–Kier alpha value is -3.55. The van der Waals surface area contributed by atoms with Crippen molar-refractivity contribution in [2.45, 2.75) is 37.9 Å². The third-order valence-electron chi connectivity index (χ3n) is 8.15. The number of piperidine rings is 1. The predicted molar refractivity (Wildman–Crippen MR) is 141 cm³/mol. The quantitative estimate of drug-likeness (QED) is 0.361. The maximum Gasteiger partial charge on any atom is 0.328 e. The number of pyridine rings is 1. The zero-order valence-electron chi connectivity index (χ0n) is 21.2. The summed E-state index contributed by atoms with van der Waals surface area (Å²) in [6, 6.07) is 19.0. The number of benzene rings is 2. The van der Waals surface area contributed by atoms with Crippen molar-refractivity contribution in [3.8, 4) is 11.1 Å². The second kappa shape index (κ2) is 9.72. The Kier molecular flexibility index (Phi) is 6.26. The van der Waals surface area contributed by atoms with E-state index >= 15 is 0 Å². The highest BCUT2D eigenvalue weighted by molar-refractivity contribution is 6.07. The first-order valence-corrected chi connectivity index (χ1v) is 13.0. The fraction of sp³-hybridized carbons (Fsp3) is 0.367. The second-order valence-electron chi connectivity index (χ2n) is 10.3. The van der Waals surface area contributed by atoms with Crippen LogP contribution in [0.4, 0.5) is 4.79 Å². The summed E-state index contributed by atoms with van der Waals surface area (Å²) in [5, 5.41) is 0. The molecule has 0 N–H and O–H groups in total. The molecule has 0 unspecified atom stereocenters. The molecule has 0 bridgehead atoms. The van der Waals surface area contributed by atoms with E-state index in [-0.39, 0.29) is 18.5 Å². The molecule has 1 spiro atoms. The maximum atomic E-state index is 13.8. The molecule has 7 nitrogen and oxygen atoms in total. The lowest BCUT2D eigenvalue weighted by Crippen LogP contribution is -2.57. The van der Waals surface area contributed by atoms with Crippen molar-refractivity contribution >= 4 is 11.9 Å². The molecule has 190 valence electrons. The topological polar surface area (TPSA) is 66.0 Å². The van der Waals surface area contributed by atoms with Gasteiger partial charge in [-0.2, -0.15) is 0 Å². The minimum absolute atomic E-state index is 0.0904. The summed E-state index contributed by atoms with van der Waals surface area (Å²) in [5.74, 6) is -0.0904. The summed E-state index contributed by atoms with van der Waals surface area (Å²) >= 11 is 0. The van der Waals surface area contributed by atoms with Crippen molar-refractivity contribution in [1.82, 2.24) is 19.7 Å². The number of imide groups is 1. The molecule has 6 rings (SSSR count). The van der Waals surface area contributed by atoms with E-state index in [1.165, 1.54) is 32.7 Å². The fourth-order valence-electron chi connectivity index (χ4n) is 6.21. The van der Waals surface area contributed by atoms with E-state index < -0.39 is 5.54 Å². The zero-order valence-corrected chi connectivity index (χ0v) is 21.2. The number of methoxy groups -OCH3 is 1. The molecule has 0 saturated carbocycles. The molecule has 37 heavy (non-hydrogen) atoms. The van der Waals surface area contributed by atoms with Gasteiger partial charge >= 0.3 is 6.03 Å². The van der Waals surface area contributed by atoms with Crippen LogP contribution in [0, 0.1) is 0 Å². The van der Waals surface area contributed by atoms with Crippen molar-refractivity contribution in [2.24, 2.45) is 0 Å². The van der Waals surface area contributed by atoms with Crippen LogP contribution < -0.4 is 0 Å². The van der Waals surface area contributed by atoms with Crippen LogP contribution in [0.1, 0.15) is 35.1 Å². The van der Waals surface area contributed by atoms with E-state index in [1.807, 2.05) is 12.1 Å². The minimum atomic E-state index is -0.798. The van der Waals surface area contributed by atoms with Crippen LogP contribution in [0.15, 0.2) is 67.0 Å². The van der Waals surface area contributed by atoms with E-state index in [9.17, 15) is 9.59 Å². The highest BCUT2D eigenvalue weighted by Gasteiger charge is 2.57. The van der Waals surface area contributed by atoms with E-state index in [1.54, 1.807) is 24.4 Å². The van der Waals surface area contributed by atoms with Gasteiger partial charge in [0.25, 0.3) is 5.91 Å². The molecule has 3 heterocycles. The van der Waals surface area contributed by atoms with Crippen LogP contribution in [0.25, 0.3) is 11.1 Å². The molecule has 0 atom stereocenters. The molecule has 2 fully saturated rings. The summed E-state index contributed by atoms with van der Waals surface area (Å²) in [7, 11) is 1.63. The van der Waals surface area contributed by atoms with Gasteiger partial charge in [0.1, 0.15) is 5.54 Å². The number of nitrogens with zero attached hydrogens (tertiary/aromatic N) is 4. The average Bonchev–Trinajstić information content (AvgIpc) is 3.38. The number of fused-ring (bicyclic) bond motifs is 3. The molecular formula is C30H32N4O3. The summed E-state index contributed by atoms with van der Waals surface area (Å²) in [5.41, 5.74) is 6.82. The van der Waals surface area contributed by atoms with Gasteiger partial charge < -0.3 is 9.64 Å². The average molecular weight is 497 g/mol. The smallest absolute Gasteiger partial charge is 0.328 e. The lowest BCUT2D eigenvalue weighted by Gasteiger charge is -2.42. The van der Waals surface area contributed by atoms with E-state index in [2.05, 4.69) is 52.3 Å². The molecular weight excluding hydrogens is 464 g/mol. The first-order valence-electron chi connectivity index (χ1n) is 13.0. The molecule has 3 aromatic rings. The Labute approximate surface area is 217 Å². The fourth-order valence-corrected chi connectivity index (χ4v) is 6.21. The number of carbonyl (C=O) groups excluding carboxylic acids is 2. The van der Waals surface area contributed by atoms with Crippen LogP contribution in [0.5, 0.6) is 0 Å². The predicted octanol–water partition coefficient (Wildman–Crippen LogP) is 4.10. The molecule has 1 aromatic heterocycles. The molecule has 2 aromatic carbocycles. The van der Waals surface area contributed by atoms with E-state index in [0.717, 1.165) is 31.6 Å². The Balaban J connectivity index is 1.16. The van der Waals surface area contributed by atoms with Gasteiger partial charge in [-0.05, 0) is 58.7 Å². The lowest BCUT2D eigenvalue weighted by molar-refractivity contribution is -0.136. The van der Waals surface area contributed by atoms with Gasteiger partial charge in [0.05, 0.1) is 13.2 Å². The Morgan fingerprint density at radius 1 is 0.919 bits per heavy atom. The molecule has 2 saturated heterocycles. The van der Waals surface area contributed by atoms with Crippen LogP contribution in [-0.4, -0.2) is 70.5 Å². The number of amides is 3. The van der Waals surface area contributed by atoms with Crippen molar-refractivity contribution in [2.75, 3.05) is 33.4 Å². The Morgan fingerprint density at radius 2 is 1.73 bits per heavy atom. The number of ether oxygens (including phenoxy) is 1. The standard InChI is InChI=1S/C30H32N4O3/c1-37-16-15-34-29(36)33(21-23-5-4-12-31-19-23)28(35)30(34)10-13-32(14-11-30)20-22-8-9-27-25(17-22)18-24-6-2-3-7-26(24)27/h2-9,12,17,19H,10-11,13-16,18,20-21H2,1H3. The number of aromatic nitrogens is 1. The zero-order chi connectivity index (χ0) is 25.4. The van der Waals surface area contributed by atoms with Gasteiger partial charge in [-0.15, -0.1) is 0 Å². The number of hydrogen-bond acceptors (Lipinski definition) is 5. The van der Waals surface area contributed by atoms with Crippen molar-refractivity contribution < 1.29 is 14.3 Å². The van der Waals surface area contributed by atoms with Crippen LogP contribution in [0.2, 0.25) is 0 Å². The largest absolute Gasteiger partial charge is 0.383 e. The monoisotopic (exact) mass is 496 g/mol. The third kappa shape index (κ3) is 4.22. The second-order valence-corrected chi connectivity index (χ2v) is 10.3. The van der Waals surface area contributed by atoms with Crippen LogP contribution in [0.3, 0.4) is 0 Å². The maximum absolute atomic E-state index is 13.8. The molecule has 7 heteroatoms. The first kappa shape index (κ1) is 23.8. The van der Waals surface area contributed by atoms with Crippen molar-refractivity contribution in [3.05, 3.63) is 89.2 Å². The highest BCUT2D eigenvalue weighted by atomic mass is 16.5. The molecule has 1 aliphatic carbocycles. The number of rotatable bonds is 7. The summed E-state index contributed by atoms with van der Waals surface area (Å²) < 4.78 is 5.29. The summed E-state index contributed by atoms with van der Waals surface area (Å²) in [4.78, 5) is 36.9. The first-order chi connectivity index (χ1) is 18.1. The SMILES string of the molecule is COCCN1C(=O)N(Cc2cccnc2)C(=O)C12CCN(Cc1ccc3c(c1)Cc1ccccc1-3)CC2. The Morgan fingerprint density at radius 3 is 2.51 bits per heavy atom. The number of hydrogen-bond donors (Lipinski definition) is 0. The summed E-state index contributed by atoms with van der Waals surface area (Å²) in [6.45, 7) is 3.44. The number of carbonyl (C=O) groups is 2. The summed E-state index contributed by atoms with van der Waals surface area (Å²) in [6.07, 6.45) is 5.64. The Bertz CT molecular complexity index is 1320. The van der Waals surface area contributed by atoms with E-state index in [0.29, 0.717) is 26.0 Å². The van der Waals surface area contributed by atoms with Gasteiger partial charge in [0, 0.05) is 45.7 Å². The molecule has 3 aliphatic rings. The number of urea groups is 1. The highest BCUT2D eigenvalue weighted by Crippen LogP contribution is 2.39. The van der Waals surface area contributed by atoms with E-state index in [4.69, 9.17) is 4.74 Å². The van der Waals surface area contributed by atoms with Gasteiger partial charge in [-0.1, -0.05) is 48.5 Å².